The van der Waals surface area contributed by atoms with Gasteiger partial charge in [-0.05, 0) is 44.9 Å². The first-order chi connectivity index (χ1) is 11.5. The highest BCUT2D eigenvalue weighted by atomic mass is 16.5. The molecule has 6 nitrogen and oxygen atoms in total. The molecule has 1 aromatic carbocycles. The molecule has 1 aromatic heterocycles. The quantitative estimate of drug-likeness (QED) is 0.880. The Hall–Kier alpha value is -2.34. The van der Waals surface area contributed by atoms with Crippen molar-refractivity contribution >= 4 is 16.8 Å². The van der Waals surface area contributed by atoms with Gasteiger partial charge in [-0.15, -0.1) is 0 Å². The minimum atomic E-state index is -0.542. The van der Waals surface area contributed by atoms with E-state index in [1.165, 1.54) is 0 Å². The number of pyridine rings is 1. The average Bonchev–Trinajstić information content (AvgIpc) is 3.05. The number of fused-ring (bicyclic) bond motifs is 1. The Balaban J connectivity index is 1.95. The number of rotatable bonds is 6. The molecule has 0 bridgehead atoms. The van der Waals surface area contributed by atoms with Gasteiger partial charge in [-0.25, -0.2) is 0 Å². The smallest absolute Gasteiger partial charge is 0.252 e. The Labute approximate surface area is 140 Å². The van der Waals surface area contributed by atoms with E-state index >= 15 is 0 Å². The fourth-order valence-electron chi connectivity index (χ4n) is 2.78. The molecule has 1 aliphatic rings. The molecule has 3 rings (SSSR count). The second-order valence-corrected chi connectivity index (χ2v) is 6.15. The van der Waals surface area contributed by atoms with E-state index in [0.29, 0.717) is 29.2 Å². The molecule has 0 saturated carbocycles. The Morgan fingerprint density at radius 1 is 1.42 bits per heavy atom. The molecule has 0 unspecified atom stereocenters. The molecule has 0 radical (unpaired) electrons. The second kappa shape index (κ2) is 7.05. The summed E-state index contributed by atoms with van der Waals surface area (Å²) < 4.78 is 17.3. The fraction of sp³-hybridized carbons (Fsp3) is 0.444. The Morgan fingerprint density at radius 2 is 2.25 bits per heavy atom. The van der Waals surface area contributed by atoms with Crippen LogP contribution in [0.3, 0.4) is 0 Å². The third kappa shape index (κ3) is 3.59. The van der Waals surface area contributed by atoms with Crippen LogP contribution in [0.4, 0.5) is 0 Å². The number of hydrogen-bond acceptors (Lipinski definition) is 5. The molecule has 1 saturated heterocycles. The van der Waals surface area contributed by atoms with Gasteiger partial charge in [0.15, 0.2) is 0 Å². The Bertz CT molecular complexity index is 739. The molecule has 2 N–H and O–H groups in total. The molecule has 24 heavy (non-hydrogen) atoms. The lowest BCUT2D eigenvalue weighted by atomic mass is 10.1. The summed E-state index contributed by atoms with van der Waals surface area (Å²) in [6.45, 7) is 5.08. The zero-order chi connectivity index (χ0) is 17.1. The van der Waals surface area contributed by atoms with Gasteiger partial charge in [0.2, 0.25) is 0 Å². The summed E-state index contributed by atoms with van der Waals surface area (Å²) in [5, 5.41) is 0.788. The van der Waals surface area contributed by atoms with Crippen molar-refractivity contribution in [2.24, 2.45) is 5.73 Å². The number of nitrogens with zero attached hydrogens (tertiary/aromatic N) is 1. The van der Waals surface area contributed by atoms with E-state index in [-0.39, 0.29) is 12.2 Å². The minimum absolute atomic E-state index is 0.0755. The van der Waals surface area contributed by atoms with Crippen molar-refractivity contribution < 1.29 is 19.0 Å². The monoisotopic (exact) mass is 330 g/mol. The second-order valence-electron chi connectivity index (χ2n) is 6.15. The van der Waals surface area contributed by atoms with Gasteiger partial charge in [-0.1, -0.05) is 0 Å². The molecule has 128 valence electrons. The number of carbonyl (C=O) groups is 1. The first kappa shape index (κ1) is 16.5. The number of primary amides is 1. The number of amides is 1. The molecular weight excluding hydrogens is 308 g/mol. The number of aromatic nitrogens is 1. The maximum atomic E-state index is 11.7. The summed E-state index contributed by atoms with van der Waals surface area (Å²) in [6, 6.07) is 5.22. The molecule has 1 fully saturated rings. The van der Waals surface area contributed by atoms with Crippen molar-refractivity contribution in [3.63, 3.8) is 0 Å². The van der Waals surface area contributed by atoms with Crippen LogP contribution in [0.2, 0.25) is 0 Å². The number of carbonyl (C=O) groups excluding carboxylic acids is 1. The van der Waals surface area contributed by atoms with Gasteiger partial charge >= 0.3 is 0 Å². The molecule has 1 amide bonds. The van der Waals surface area contributed by atoms with Gasteiger partial charge in [0, 0.05) is 18.2 Å². The standard InChI is InChI=1S/C18H22N2O4/c1-11(2)24-17-9-13-15(8-14(17)18(19)21)20-6-5-16(13)23-10-12-4-3-7-22-12/h5-6,8-9,11-12H,3-4,7,10H2,1-2H3,(H2,19,21)/t12-/m0/s1. The number of nitrogens with two attached hydrogens (primary N) is 1. The van der Waals surface area contributed by atoms with Crippen LogP contribution >= 0.6 is 0 Å². The van der Waals surface area contributed by atoms with Gasteiger partial charge in [-0.2, -0.15) is 0 Å². The van der Waals surface area contributed by atoms with Crippen molar-refractivity contribution in [3.8, 4) is 11.5 Å². The van der Waals surface area contributed by atoms with E-state index in [1.54, 1.807) is 24.4 Å². The Kier molecular flexibility index (Phi) is 4.85. The minimum Gasteiger partial charge on any atom is -0.490 e. The van der Waals surface area contributed by atoms with Crippen molar-refractivity contribution in [3.05, 3.63) is 30.0 Å². The lowest BCUT2D eigenvalue weighted by molar-refractivity contribution is 0.0684. The van der Waals surface area contributed by atoms with Crippen LogP contribution in [0.5, 0.6) is 11.5 Å². The van der Waals surface area contributed by atoms with Crippen molar-refractivity contribution in [2.45, 2.75) is 38.9 Å². The van der Waals surface area contributed by atoms with E-state index in [2.05, 4.69) is 4.98 Å². The summed E-state index contributed by atoms with van der Waals surface area (Å²) in [4.78, 5) is 16.0. The molecule has 1 atom stereocenters. The summed E-state index contributed by atoms with van der Waals surface area (Å²) >= 11 is 0. The summed E-state index contributed by atoms with van der Waals surface area (Å²) in [5.74, 6) is 0.597. The molecule has 0 aliphatic carbocycles. The number of benzene rings is 1. The van der Waals surface area contributed by atoms with Crippen molar-refractivity contribution in [2.75, 3.05) is 13.2 Å². The molecule has 2 heterocycles. The SMILES string of the molecule is CC(C)Oc1cc2c(OC[C@@H]3CCCO3)ccnc2cc1C(N)=O. The Morgan fingerprint density at radius 3 is 2.92 bits per heavy atom. The van der Waals surface area contributed by atoms with Gasteiger partial charge < -0.3 is 19.9 Å². The highest BCUT2D eigenvalue weighted by Crippen LogP contribution is 2.32. The van der Waals surface area contributed by atoms with Crippen LogP contribution in [-0.4, -0.2) is 36.3 Å². The number of hydrogen-bond donors (Lipinski definition) is 1. The van der Waals surface area contributed by atoms with E-state index < -0.39 is 5.91 Å². The van der Waals surface area contributed by atoms with Crippen LogP contribution in [0.15, 0.2) is 24.4 Å². The topological polar surface area (TPSA) is 83.7 Å². The van der Waals surface area contributed by atoms with Crippen LogP contribution < -0.4 is 15.2 Å². The third-order valence-electron chi connectivity index (χ3n) is 3.88. The van der Waals surface area contributed by atoms with Gasteiger partial charge in [-0.3, -0.25) is 9.78 Å². The summed E-state index contributed by atoms with van der Waals surface area (Å²) in [6.07, 6.45) is 3.79. The lowest BCUT2D eigenvalue weighted by Crippen LogP contribution is -2.17. The van der Waals surface area contributed by atoms with Gasteiger partial charge in [0.25, 0.3) is 5.91 Å². The highest BCUT2D eigenvalue weighted by molar-refractivity contribution is 6.01. The highest BCUT2D eigenvalue weighted by Gasteiger charge is 2.18. The van der Waals surface area contributed by atoms with Crippen LogP contribution in [-0.2, 0) is 4.74 Å². The molecule has 0 spiro atoms. The van der Waals surface area contributed by atoms with E-state index in [1.807, 2.05) is 13.8 Å². The van der Waals surface area contributed by atoms with Gasteiger partial charge in [0.05, 0.1) is 23.3 Å². The van der Waals surface area contributed by atoms with Crippen LogP contribution in [0, 0.1) is 0 Å². The predicted molar refractivity (Wildman–Crippen MR) is 90.5 cm³/mol. The molecule has 1 aliphatic heterocycles. The van der Waals surface area contributed by atoms with Crippen LogP contribution in [0.25, 0.3) is 10.9 Å². The average molecular weight is 330 g/mol. The van der Waals surface area contributed by atoms with E-state index in [0.717, 1.165) is 24.8 Å². The fourth-order valence-corrected chi connectivity index (χ4v) is 2.78. The molecule has 6 heteroatoms. The normalized spacial score (nSPS) is 17.4. The lowest BCUT2D eigenvalue weighted by Gasteiger charge is -2.16. The van der Waals surface area contributed by atoms with Crippen LogP contribution in [0.1, 0.15) is 37.0 Å². The third-order valence-corrected chi connectivity index (χ3v) is 3.88. The van der Waals surface area contributed by atoms with E-state index in [4.69, 9.17) is 19.9 Å². The largest absolute Gasteiger partial charge is 0.490 e. The van der Waals surface area contributed by atoms with Crippen molar-refractivity contribution in [1.29, 1.82) is 0 Å². The molecular formula is C18H22N2O4. The maximum Gasteiger partial charge on any atom is 0.252 e. The maximum absolute atomic E-state index is 11.7. The van der Waals surface area contributed by atoms with Gasteiger partial charge in [0.1, 0.15) is 18.1 Å². The summed E-state index contributed by atoms with van der Waals surface area (Å²) in [7, 11) is 0. The zero-order valence-electron chi connectivity index (χ0n) is 14.0. The van der Waals surface area contributed by atoms with E-state index in [9.17, 15) is 4.79 Å². The molecule has 2 aromatic rings. The summed E-state index contributed by atoms with van der Waals surface area (Å²) in [5.41, 5.74) is 6.43. The van der Waals surface area contributed by atoms with Crippen molar-refractivity contribution in [1.82, 2.24) is 4.98 Å². The predicted octanol–water partition coefficient (Wildman–Crippen LogP) is 2.68. The zero-order valence-corrected chi connectivity index (χ0v) is 14.0. The first-order valence-corrected chi connectivity index (χ1v) is 8.18. The first-order valence-electron chi connectivity index (χ1n) is 8.18. The number of ether oxygens (including phenoxy) is 3.